The van der Waals surface area contributed by atoms with E-state index in [4.69, 9.17) is 4.74 Å². The third-order valence-electron chi connectivity index (χ3n) is 3.41. The fraction of sp³-hybridized carbons (Fsp3) is 0.625. The minimum atomic E-state index is -4.78. The van der Waals surface area contributed by atoms with E-state index >= 15 is 0 Å². The summed E-state index contributed by atoms with van der Waals surface area (Å²) in [6.45, 7) is 10.1. The molecule has 0 saturated carbocycles. The van der Waals surface area contributed by atoms with Crippen LogP contribution >= 0.6 is 0 Å². The molecule has 0 spiro atoms. The van der Waals surface area contributed by atoms with E-state index in [9.17, 15) is 18.3 Å². The highest BCUT2D eigenvalue weighted by atomic mass is 19.4. The number of aliphatic hydroxyl groups is 1. The summed E-state index contributed by atoms with van der Waals surface area (Å²) in [5.41, 5.74) is -2.27. The number of alkyl halides is 3. The van der Waals surface area contributed by atoms with Gasteiger partial charge in [0, 0.05) is 11.1 Å². The molecule has 0 aliphatic rings. The Kier molecular flexibility index (Phi) is 4.68. The van der Waals surface area contributed by atoms with Crippen LogP contribution in [0.15, 0.2) is 12.1 Å². The third-order valence-corrected chi connectivity index (χ3v) is 3.41. The van der Waals surface area contributed by atoms with Crippen LogP contribution in [0.25, 0.3) is 0 Å². The van der Waals surface area contributed by atoms with Crippen molar-refractivity contribution in [3.05, 3.63) is 28.8 Å². The first-order chi connectivity index (χ1) is 9.32. The molecule has 1 atom stereocenters. The average Bonchev–Trinajstić information content (AvgIpc) is 2.28. The lowest BCUT2D eigenvalue weighted by molar-refractivity contribution is -0.259. The molecule has 1 unspecified atom stereocenters. The zero-order valence-corrected chi connectivity index (χ0v) is 13.4. The van der Waals surface area contributed by atoms with E-state index < -0.39 is 17.2 Å². The van der Waals surface area contributed by atoms with Crippen LogP contribution in [-0.2, 0) is 11.0 Å². The number of rotatable bonds is 3. The van der Waals surface area contributed by atoms with Crippen molar-refractivity contribution in [3.63, 3.8) is 0 Å². The van der Waals surface area contributed by atoms with Crippen LogP contribution in [0.3, 0.4) is 0 Å². The Balaban J connectivity index is 3.70. The maximum absolute atomic E-state index is 13.2. The Morgan fingerprint density at radius 3 is 1.90 bits per heavy atom. The van der Waals surface area contributed by atoms with Gasteiger partial charge in [0.1, 0.15) is 5.75 Å². The second-order valence-electron chi connectivity index (χ2n) is 6.44. The summed E-state index contributed by atoms with van der Waals surface area (Å²) < 4.78 is 45.1. The van der Waals surface area contributed by atoms with Gasteiger partial charge in [0.15, 0.2) is 5.60 Å². The van der Waals surface area contributed by atoms with Gasteiger partial charge in [0.2, 0.25) is 0 Å². The van der Waals surface area contributed by atoms with E-state index in [1.807, 2.05) is 20.8 Å². The molecule has 0 fully saturated rings. The van der Waals surface area contributed by atoms with E-state index in [1.54, 1.807) is 19.9 Å². The molecular weight excluding hydrogens is 281 g/mol. The molecule has 0 aliphatic heterocycles. The third kappa shape index (κ3) is 3.51. The number of aryl methyl sites for hydroxylation is 1. The van der Waals surface area contributed by atoms with Crippen LogP contribution in [0.5, 0.6) is 5.75 Å². The predicted molar refractivity (Wildman–Crippen MR) is 76.7 cm³/mol. The van der Waals surface area contributed by atoms with Gasteiger partial charge in [0.05, 0.1) is 6.61 Å². The number of hydrogen-bond acceptors (Lipinski definition) is 2. The predicted octanol–water partition coefficient (Wildman–Crippen LogP) is 4.46. The van der Waals surface area contributed by atoms with Gasteiger partial charge < -0.3 is 9.84 Å². The Bertz CT molecular complexity index is 511. The fourth-order valence-electron chi connectivity index (χ4n) is 2.14. The lowest BCUT2D eigenvalue weighted by Gasteiger charge is -2.32. The van der Waals surface area contributed by atoms with E-state index in [1.165, 1.54) is 6.07 Å². The fourth-order valence-corrected chi connectivity index (χ4v) is 2.14. The number of ether oxygens (including phenoxy) is 1. The first kappa shape index (κ1) is 17.8. The van der Waals surface area contributed by atoms with Crippen molar-refractivity contribution in [2.24, 2.45) is 0 Å². The van der Waals surface area contributed by atoms with Gasteiger partial charge in [-0.05, 0) is 32.3 Å². The monoisotopic (exact) mass is 304 g/mol. The van der Waals surface area contributed by atoms with Crippen LogP contribution in [0.4, 0.5) is 13.2 Å². The molecule has 0 heterocycles. The van der Waals surface area contributed by atoms with Crippen molar-refractivity contribution in [3.8, 4) is 5.75 Å². The van der Waals surface area contributed by atoms with Crippen LogP contribution in [0, 0.1) is 6.92 Å². The molecule has 0 saturated heterocycles. The Morgan fingerprint density at radius 2 is 1.52 bits per heavy atom. The minimum Gasteiger partial charge on any atom is -0.493 e. The summed E-state index contributed by atoms with van der Waals surface area (Å²) in [6, 6.07) is 3.15. The second kappa shape index (κ2) is 5.52. The number of benzene rings is 1. The van der Waals surface area contributed by atoms with Crippen molar-refractivity contribution in [2.75, 3.05) is 6.61 Å². The van der Waals surface area contributed by atoms with E-state index in [0.29, 0.717) is 11.1 Å². The van der Waals surface area contributed by atoms with Gasteiger partial charge in [-0.25, -0.2) is 0 Å². The van der Waals surface area contributed by atoms with Gasteiger partial charge in [0.25, 0.3) is 0 Å². The molecule has 0 bridgehead atoms. The van der Waals surface area contributed by atoms with Crippen LogP contribution < -0.4 is 4.74 Å². The maximum atomic E-state index is 13.2. The van der Waals surface area contributed by atoms with Crippen LogP contribution in [-0.4, -0.2) is 17.9 Å². The molecule has 1 aromatic rings. The maximum Gasteiger partial charge on any atom is 0.421 e. The van der Waals surface area contributed by atoms with Crippen molar-refractivity contribution in [1.29, 1.82) is 0 Å². The Hall–Kier alpha value is -1.23. The Morgan fingerprint density at radius 1 is 1.05 bits per heavy atom. The standard InChI is InChI=1S/C16H23F3O2/c1-7-21-13-11(14(3,4)5)8-10(2)9-12(13)15(6,20)16(17,18)19/h8-9,20H,7H2,1-6H3. The van der Waals surface area contributed by atoms with Gasteiger partial charge >= 0.3 is 6.18 Å². The largest absolute Gasteiger partial charge is 0.493 e. The SMILES string of the molecule is CCOc1c(C(C)(C)C)cc(C)cc1C(C)(O)C(F)(F)F. The topological polar surface area (TPSA) is 29.5 Å². The molecule has 0 aliphatic carbocycles. The van der Waals surface area contributed by atoms with Crippen molar-refractivity contribution >= 4 is 0 Å². The highest BCUT2D eigenvalue weighted by Crippen LogP contribution is 2.46. The summed E-state index contributed by atoms with van der Waals surface area (Å²) in [5, 5.41) is 10.0. The number of hydrogen-bond donors (Lipinski definition) is 1. The minimum absolute atomic E-state index is 0.123. The molecule has 21 heavy (non-hydrogen) atoms. The first-order valence-corrected chi connectivity index (χ1v) is 6.90. The van der Waals surface area contributed by atoms with Crippen molar-refractivity contribution in [1.82, 2.24) is 0 Å². The summed E-state index contributed by atoms with van der Waals surface area (Å²) in [6.07, 6.45) is -4.78. The highest BCUT2D eigenvalue weighted by Gasteiger charge is 2.53. The summed E-state index contributed by atoms with van der Waals surface area (Å²) in [4.78, 5) is 0. The molecule has 0 amide bonds. The van der Waals surface area contributed by atoms with Gasteiger partial charge in [-0.2, -0.15) is 13.2 Å². The van der Waals surface area contributed by atoms with Crippen LogP contribution in [0.2, 0.25) is 0 Å². The summed E-state index contributed by atoms with van der Waals surface area (Å²) in [5.74, 6) is 0.123. The average molecular weight is 304 g/mol. The zero-order valence-electron chi connectivity index (χ0n) is 13.4. The molecule has 120 valence electrons. The first-order valence-electron chi connectivity index (χ1n) is 6.90. The smallest absolute Gasteiger partial charge is 0.421 e. The Labute approximate surface area is 123 Å². The molecule has 1 N–H and O–H groups in total. The van der Waals surface area contributed by atoms with E-state index in [2.05, 4.69) is 0 Å². The lowest BCUT2D eigenvalue weighted by atomic mass is 9.81. The zero-order chi connectivity index (χ0) is 16.6. The van der Waals surface area contributed by atoms with Crippen LogP contribution in [0.1, 0.15) is 51.3 Å². The molecule has 1 rings (SSSR count). The second-order valence-corrected chi connectivity index (χ2v) is 6.44. The number of halogens is 3. The quantitative estimate of drug-likeness (QED) is 0.893. The molecule has 1 aromatic carbocycles. The van der Waals surface area contributed by atoms with Crippen molar-refractivity contribution in [2.45, 2.75) is 58.7 Å². The summed E-state index contributed by atoms with van der Waals surface area (Å²) >= 11 is 0. The van der Waals surface area contributed by atoms with Gasteiger partial charge in [-0.3, -0.25) is 0 Å². The molecular formula is C16H23F3O2. The van der Waals surface area contributed by atoms with E-state index in [-0.39, 0.29) is 17.9 Å². The van der Waals surface area contributed by atoms with Gasteiger partial charge in [-0.15, -0.1) is 0 Å². The molecule has 0 aromatic heterocycles. The lowest BCUT2D eigenvalue weighted by Crippen LogP contribution is -2.40. The van der Waals surface area contributed by atoms with Crippen molar-refractivity contribution < 1.29 is 23.0 Å². The van der Waals surface area contributed by atoms with E-state index in [0.717, 1.165) is 6.92 Å². The normalized spacial score (nSPS) is 15.7. The molecule has 5 heteroatoms. The summed E-state index contributed by atoms with van der Waals surface area (Å²) in [7, 11) is 0. The molecule has 0 radical (unpaired) electrons. The molecule has 2 nitrogen and oxygen atoms in total. The van der Waals surface area contributed by atoms with Gasteiger partial charge in [-0.1, -0.05) is 32.4 Å². The highest BCUT2D eigenvalue weighted by molar-refractivity contribution is 5.50.